The predicted octanol–water partition coefficient (Wildman–Crippen LogP) is 4.97. The number of aliphatic hydroxyl groups is 1. The second-order valence-electron chi connectivity index (χ2n) is 11.5. The van der Waals surface area contributed by atoms with Crippen LogP contribution in [0.3, 0.4) is 0 Å². The molecule has 0 bridgehead atoms. The number of ketones is 1. The van der Waals surface area contributed by atoms with Crippen molar-refractivity contribution in [3.05, 3.63) is 10.3 Å². The average Bonchev–Trinajstić information content (AvgIpc) is 3.22. The van der Waals surface area contributed by atoms with Gasteiger partial charge in [0.2, 0.25) is 0 Å². The number of hydrogen-bond acceptors (Lipinski definition) is 4. The van der Waals surface area contributed by atoms with Crippen LogP contribution in [0, 0.1) is 40.9 Å². The molecule has 29 heavy (non-hydrogen) atoms. The second-order valence-corrected chi connectivity index (χ2v) is 16.2. The number of nitrogens with zero attached hydrogens (tertiary/aromatic N) is 2. The normalized spacial score (nSPS) is 53.8. The van der Waals surface area contributed by atoms with Crippen molar-refractivity contribution >= 4 is 25.9 Å². The number of hydrogen-bond donors (Lipinski definition) is 1. The molecule has 5 heteroatoms. The maximum absolute atomic E-state index is 13.4. The molecule has 4 aliphatic carbocycles. The molecule has 0 aromatic rings. The summed E-state index contributed by atoms with van der Waals surface area (Å²) in [7, 11) is 0. The van der Waals surface area contributed by atoms with Gasteiger partial charge in [0.25, 0.3) is 0 Å². The molecule has 1 N–H and O–H groups in total. The summed E-state index contributed by atoms with van der Waals surface area (Å²) in [6, 6.07) is 0. The van der Waals surface area contributed by atoms with Gasteiger partial charge in [-0.1, -0.05) is 0 Å². The van der Waals surface area contributed by atoms with Crippen LogP contribution in [0.5, 0.6) is 0 Å². The molecule has 4 saturated carbocycles. The Bertz CT molecular complexity index is 738. The summed E-state index contributed by atoms with van der Waals surface area (Å²) in [5, 5.41) is 12.8. The molecule has 0 radical (unpaired) electrons. The van der Waals surface area contributed by atoms with Gasteiger partial charge in [-0.3, -0.25) is 0 Å². The van der Waals surface area contributed by atoms with Crippen LogP contribution in [0.15, 0.2) is 10.3 Å². The number of carbonyl (C=O) groups excluding carboxylic acids is 1. The number of alkyl halides is 1. The van der Waals surface area contributed by atoms with Crippen LogP contribution in [-0.2, 0) is 4.79 Å². The monoisotopic (exact) mass is 512 g/mol. The zero-order valence-corrected chi connectivity index (χ0v) is 20.2. The van der Waals surface area contributed by atoms with E-state index in [4.69, 9.17) is 0 Å². The van der Waals surface area contributed by atoms with Gasteiger partial charge in [0, 0.05) is 0 Å². The number of Topliss-reactive ketones (excluding diaryl/α,β-unsaturated/α-hetero) is 1. The zero-order chi connectivity index (χ0) is 20.0. The first-order valence-electron chi connectivity index (χ1n) is 12.0. The van der Waals surface area contributed by atoms with E-state index in [2.05, 4.69) is 32.4 Å². The predicted molar refractivity (Wildman–Crippen MR) is 123 cm³/mol. The van der Waals surface area contributed by atoms with E-state index in [9.17, 15) is 9.90 Å². The first-order chi connectivity index (χ1) is 13.9. The van der Waals surface area contributed by atoms with Crippen LogP contribution in [-0.4, -0.2) is 35.8 Å². The molecule has 0 amide bonds. The Labute approximate surface area is 183 Å². The van der Waals surface area contributed by atoms with Crippen molar-refractivity contribution in [2.24, 2.45) is 40.9 Å². The molecular weight excluding hydrogens is 475 g/mol. The number of rotatable bonds is 3. The van der Waals surface area contributed by atoms with Crippen LogP contribution in [0.2, 0.25) is 0 Å². The SMILES string of the molecule is C[C@@]1(O)CC[C@H]2[C@H](CC[C@@H]3[C@@H]2CC[C@]2(C)[C@@H](C(=O)CN4C=CI5CN45)CC[C@@H]32)C1. The van der Waals surface area contributed by atoms with Gasteiger partial charge in [0.05, 0.1) is 5.60 Å². The molecule has 6 rings (SSSR count). The first-order valence-corrected chi connectivity index (χ1v) is 15.7. The molecule has 5 fully saturated rings. The van der Waals surface area contributed by atoms with E-state index in [1.54, 1.807) is 0 Å². The second kappa shape index (κ2) is 6.68. The molecule has 4 nitrogen and oxygen atoms in total. The van der Waals surface area contributed by atoms with Crippen LogP contribution >= 0.6 is 20.1 Å². The zero-order valence-electron chi connectivity index (χ0n) is 18.0. The Hall–Kier alpha value is -0.140. The Balaban J connectivity index is 1.17. The van der Waals surface area contributed by atoms with Crippen molar-refractivity contribution in [1.29, 1.82) is 0 Å². The average molecular weight is 512 g/mol. The fraction of sp³-hybridized carbons (Fsp3) is 0.875. The summed E-state index contributed by atoms with van der Waals surface area (Å²) in [4.78, 5) is 13.4. The van der Waals surface area contributed by atoms with Crippen LogP contribution in [0.4, 0.5) is 0 Å². The molecule has 1 saturated heterocycles. The Kier molecular flexibility index (Phi) is 4.50. The molecule has 2 heterocycles. The Morgan fingerprint density at radius 1 is 1.07 bits per heavy atom. The third-order valence-corrected chi connectivity index (χ3v) is 14.0. The molecule has 0 aromatic carbocycles. The van der Waals surface area contributed by atoms with Gasteiger partial charge in [-0.25, -0.2) is 0 Å². The summed E-state index contributed by atoms with van der Waals surface area (Å²) >= 11 is -0.883. The van der Waals surface area contributed by atoms with Crippen LogP contribution in [0.25, 0.3) is 0 Å². The number of halogens is 1. The van der Waals surface area contributed by atoms with E-state index in [0.29, 0.717) is 12.3 Å². The van der Waals surface area contributed by atoms with Crippen LogP contribution < -0.4 is 0 Å². The van der Waals surface area contributed by atoms with Gasteiger partial charge < -0.3 is 5.11 Å². The van der Waals surface area contributed by atoms with Crippen molar-refractivity contribution in [1.82, 2.24) is 8.23 Å². The van der Waals surface area contributed by atoms with Crippen LogP contribution in [0.1, 0.15) is 71.6 Å². The van der Waals surface area contributed by atoms with Gasteiger partial charge in [-0.2, -0.15) is 0 Å². The molecule has 2 aliphatic heterocycles. The van der Waals surface area contributed by atoms with E-state index in [-0.39, 0.29) is 11.3 Å². The van der Waals surface area contributed by atoms with E-state index in [1.807, 2.05) is 0 Å². The van der Waals surface area contributed by atoms with E-state index in [1.165, 1.54) is 43.1 Å². The molecule has 6 aliphatic rings. The van der Waals surface area contributed by atoms with Crippen molar-refractivity contribution in [2.75, 3.05) is 11.1 Å². The quantitative estimate of drug-likeness (QED) is 0.191. The summed E-state index contributed by atoms with van der Waals surface area (Å²) in [5.41, 5.74) is -0.183. The minimum absolute atomic E-state index is 0.242. The molecule has 0 spiro atoms. The van der Waals surface area contributed by atoms with Crippen molar-refractivity contribution < 1.29 is 9.90 Å². The van der Waals surface area contributed by atoms with Gasteiger partial charge >= 0.3 is 166 Å². The third-order valence-electron chi connectivity index (χ3n) is 10.0. The van der Waals surface area contributed by atoms with Gasteiger partial charge in [-0.05, 0) is 6.92 Å². The van der Waals surface area contributed by atoms with Crippen molar-refractivity contribution in [2.45, 2.75) is 77.2 Å². The minimum atomic E-state index is -0.883. The number of hydrazine groups is 1. The fourth-order valence-electron chi connectivity index (χ4n) is 8.59. The van der Waals surface area contributed by atoms with Gasteiger partial charge in [0.1, 0.15) is 0 Å². The standard InChI is InChI=1S/C24H37IN2O2/c1-23(29)9-7-17-16(13-23)3-4-19-18(17)8-10-24(2)20(19)5-6-21(24)22(28)14-26-12-11-25-15-27(25)26/h11-12,16-21,29H,3-10,13-15H2,1-2H3/t16-,17+,18-,19-,20+,21-,23-,24+,27?/m1/s1. The van der Waals surface area contributed by atoms with E-state index < -0.39 is 25.7 Å². The fourth-order valence-corrected chi connectivity index (χ4v) is 12.8. The number of carbonyl (C=O) groups is 1. The Morgan fingerprint density at radius 3 is 2.66 bits per heavy atom. The summed E-state index contributed by atoms with van der Waals surface area (Å²) in [5.74, 6) is 4.86. The van der Waals surface area contributed by atoms with Gasteiger partial charge in [0.15, 0.2) is 0 Å². The Morgan fingerprint density at radius 2 is 1.90 bits per heavy atom. The molecule has 162 valence electrons. The van der Waals surface area contributed by atoms with Crippen molar-refractivity contribution in [3.63, 3.8) is 0 Å². The van der Waals surface area contributed by atoms with E-state index >= 15 is 0 Å². The molecular formula is C24H37IN2O2. The summed E-state index contributed by atoms with van der Waals surface area (Å²) in [6.45, 7) is 5.17. The summed E-state index contributed by atoms with van der Waals surface area (Å²) < 4.78 is 6.12. The van der Waals surface area contributed by atoms with Gasteiger partial charge in [-0.15, -0.1) is 0 Å². The van der Waals surface area contributed by atoms with Crippen molar-refractivity contribution in [3.8, 4) is 0 Å². The molecule has 9 atom stereocenters. The summed E-state index contributed by atoms with van der Waals surface area (Å²) in [6.07, 6.45) is 13.1. The third kappa shape index (κ3) is 3.07. The molecule has 1 unspecified atom stereocenters. The topological polar surface area (TPSA) is 43.5 Å². The number of fused-ring (bicyclic) bond motifs is 6. The maximum atomic E-state index is 13.4. The molecule has 0 aromatic heterocycles. The van der Waals surface area contributed by atoms with E-state index in [0.717, 1.165) is 48.9 Å². The first kappa shape index (κ1) is 19.5.